The number of H-pyrrole nitrogens is 1. The van der Waals surface area contributed by atoms with E-state index in [-0.39, 0.29) is 5.91 Å². The number of esters is 1. The molecule has 2 rings (SSSR count). The minimum Gasteiger partial charge on any atom is -0.465 e. The molecule has 2 N–H and O–H groups in total. The van der Waals surface area contributed by atoms with Crippen LogP contribution in [0, 0.1) is 13.8 Å². The van der Waals surface area contributed by atoms with E-state index in [0.717, 1.165) is 0 Å². The molecule has 0 fully saturated rings. The summed E-state index contributed by atoms with van der Waals surface area (Å²) in [6.07, 6.45) is -0.491. The first kappa shape index (κ1) is 19.0. The number of anilines is 2. The van der Waals surface area contributed by atoms with Crippen molar-refractivity contribution in [3.63, 3.8) is 0 Å². The lowest BCUT2D eigenvalue weighted by atomic mass is 10.1. The molecule has 0 aliphatic rings. The van der Waals surface area contributed by atoms with Crippen LogP contribution in [-0.4, -0.2) is 44.2 Å². The van der Waals surface area contributed by atoms with Crippen molar-refractivity contribution in [2.45, 2.75) is 13.8 Å². The highest BCUT2D eigenvalue weighted by Gasteiger charge is 2.22. The summed E-state index contributed by atoms with van der Waals surface area (Å²) in [5.41, 5.74) is 2.90. The first-order valence-corrected chi connectivity index (χ1v) is 7.80. The second-order valence-corrected chi connectivity index (χ2v) is 5.65. The molecule has 0 aliphatic heterocycles. The Morgan fingerprint density at radius 2 is 1.65 bits per heavy atom. The Balaban J connectivity index is 2.18. The van der Waals surface area contributed by atoms with Gasteiger partial charge in [0.2, 0.25) is 0 Å². The van der Waals surface area contributed by atoms with Crippen molar-refractivity contribution < 1.29 is 23.9 Å². The quantitative estimate of drug-likeness (QED) is 0.818. The third-order valence-corrected chi connectivity index (χ3v) is 4.02. The van der Waals surface area contributed by atoms with Crippen LogP contribution in [0.3, 0.4) is 0 Å². The lowest BCUT2D eigenvalue weighted by molar-refractivity contribution is 0.0599. The van der Waals surface area contributed by atoms with Crippen LogP contribution in [0.25, 0.3) is 0 Å². The summed E-state index contributed by atoms with van der Waals surface area (Å²) in [4.78, 5) is 40.1. The van der Waals surface area contributed by atoms with Crippen LogP contribution < -0.4 is 10.2 Å². The van der Waals surface area contributed by atoms with E-state index in [9.17, 15) is 14.4 Å². The van der Waals surface area contributed by atoms with Crippen LogP contribution in [0.1, 0.15) is 32.1 Å². The maximum atomic E-state index is 12.5. The van der Waals surface area contributed by atoms with E-state index in [1.807, 2.05) is 0 Å². The van der Waals surface area contributed by atoms with Gasteiger partial charge in [0.05, 0.1) is 19.8 Å². The Morgan fingerprint density at radius 1 is 1.04 bits per heavy atom. The number of benzene rings is 1. The molecule has 0 saturated carbocycles. The molecule has 8 nitrogen and oxygen atoms in total. The van der Waals surface area contributed by atoms with Crippen LogP contribution in [0.2, 0.25) is 0 Å². The molecule has 138 valence electrons. The number of nitrogens with zero attached hydrogens (tertiary/aromatic N) is 1. The van der Waals surface area contributed by atoms with Crippen LogP contribution in [0.4, 0.5) is 16.2 Å². The molecule has 1 aromatic carbocycles. The van der Waals surface area contributed by atoms with Crippen molar-refractivity contribution in [2.75, 3.05) is 31.5 Å². The third-order valence-electron chi connectivity index (χ3n) is 4.02. The fourth-order valence-corrected chi connectivity index (χ4v) is 2.59. The van der Waals surface area contributed by atoms with Gasteiger partial charge in [-0.2, -0.15) is 0 Å². The number of aromatic amines is 1. The predicted molar refractivity (Wildman–Crippen MR) is 96.8 cm³/mol. The summed E-state index contributed by atoms with van der Waals surface area (Å²) in [5, 5.41) is 2.75. The van der Waals surface area contributed by atoms with Crippen LogP contribution in [0.15, 0.2) is 24.3 Å². The molecule has 0 unspecified atom stereocenters. The van der Waals surface area contributed by atoms with E-state index in [1.165, 1.54) is 19.1 Å². The summed E-state index contributed by atoms with van der Waals surface area (Å²) < 4.78 is 9.39. The Labute approximate surface area is 151 Å². The molecule has 2 amide bonds. The van der Waals surface area contributed by atoms with Crippen molar-refractivity contribution in [1.82, 2.24) is 4.98 Å². The van der Waals surface area contributed by atoms with Crippen LogP contribution >= 0.6 is 0 Å². The summed E-state index contributed by atoms with van der Waals surface area (Å²) in [5.74, 6) is -0.875. The van der Waals surface area contributed by atoms with Gasteiger partial charge in [0.1, 0.15) is 5.69 Å². The zero-order valence-corrected chi connectivity index (χ0v) is 15.3. The number of aryl methyl sites for hydroxylation is 1. The van der Waals surface area contributed by atoms with Crippen molar-refractivity contribution in [2.24, 2.45) is 0 Å². The minimum absolute atomic E-state index is 0.290. The maximum Gasteiger partial charge on any atom is 0.413 e. The summed E-state index contributed by atoms with van der Waals surface area (Å²) >= 11 is 0. The topological polar surface area (TPSA) is 101 Å². The normalized spacial score (nSPS) is 10.2. The van der Waals surface area contributed by atoms with Crippen molar-refractivity contribution >= 4 is 29.3 Å². The van der Waals surface area contributed by atoms with Crippen LogP contribution in [-0.2, 0) is 9.47 Å². The van der Waals surface area contributed by atoms with Gasteiger partial charge >= 0.3 is 12.1 Å². The van der Waals surface area contributed by atoms with Gasteiger partial charge in [-0.25, -0.2) is 9.59 Å². The van der Waals surface area contributed by atoms with Gasteiger partial charge < -0.3 is 19.8 Å². The first-order chi connectivity index (χ1) is 12.3. The third kappa shape index (κ3) is 3.69. The molecule has 0 bridgehead atoms. The molecule has 1 heterocycles. The number of nitrogens with one attached hydrogen (secondary N) is 2. The van der Waals surface area contributed by atoms with Crippen molar-refractivity contribution in [3.8, 4) is 0 Å². The smallest absolute Gasteiger partial charge is 0.413 e. The van der Waals surface area contributed by atoms with Gasteiger partial charge in [-0.3, -0.25) is 9.69 Å². The molecule has 0 aliphatic carbocycles. The van der Waals surface area contributed by atoms with E-state index >= 15 is 0 Å². The molecular weight excluding hydrogens is 338 g/mol. The van der Waals surface area contributed by atoms with Gasteiger partial charge in [0.15, 0.2) is 0 Å². The molecule has 0 spiro atoms. The maximum absolute atomic E-state index is 12.5. The Hall–Kier alpha value is -3.29. The van der Waals surface area contributed by atoms with Gasteiger partial charge in [-0.05, 0) is 43.7 Å². The van der Waals surface area contributed by atoms with E-state index in [0.29, 0.717) is 33.9 Å². The number of methoxy groups -OCH3 is 2. The highest BCUT2D eigenvalue weighted by Crippen LogP contribution is 2.21. The molecule has 26 heavy (non-hydrogen) atoms. The van der Waals surface area contributed by atoms with E-state index in [1.54, 1.807) is 45.2 Å². The predicted octanol–water partition coefficient (Wildman–Crippen LogP) is 2.87. The number of rotatable bonds is 4. The zero-order chi connectivity index (χ0) is 19.4. The molecule has 2 aromatic rings. The molecular formula is C18H21N3O5. The second-order valence-electron chi connectivity index (χ2n) is 5.65. The summed E-state index contributed by atoms with van der Waals surface area (Å²) in [7, 11) is 4.18. The fourth-order valence-electron chi connectivity index (χ4n) is 2.59. The molecule has 0 atom stereocenters. The SMILES string of the molecule is COC(=O)c1c(C)[nH]c(C(=O)Nc2ccc(N(C)C(=O)OC)cc2)c1C. The number of amides is 2. The van der Waals surface area contributed by atoms with E-state index in [2.05, 4.69) is 15.0 Å². The molecule has 0 radical (unpaired) electrons. The minimum atomic E-state index is -0.495. The number of aromatic nitrogens is 1. The molecule has 1 aromatic heterocycles. The van der Waals surface area contributed by atoms with E-state index < -0.39 is 12.1 Å². The number of hydrogen-bond acceptors (Lipinski definition) is 5. The monoisotopic (exact) mass is 359 g/mol. The van der Waals surface area contributed by atoms with Crippen molar-refractivity contribution in [1.29, 1.82) is 0 Å². The molecule has 8 heteroatoms. The highest BCUT2D eigenvalue weighted by molar-refractivity contribution is 6.07. The van der Waals surface area contributed by atoms with Gasteiger partial charge in [0, 0.05) is 24.1 Å². The Morgan fingerprint density at radius 3 is 2.19 bits per heavy atom. The van der Waals surface area contributed by atoms with Gasteiger partial charge in [-0.15, -0.1) is 0 Å². The first-order valence-electron chi connectivity index (χ1n) is 7.80. The number of carbonyl (C=O) groups excluding carboxylic acids is 3. The number of ether oxygens (including phenoxy) is 2. The summed E-state index contributed by atoms with van der Waals surface area (Å²) in [6, 6.07) is 6.69. The fraction of sp³-hybridized carbons (Fsp3) is 0.278. The highest BCUT2D eigenvalue weighted by atomic mass is 16.5. The zero-order valence-electron chi connectivity index (χ0n) is 15.3. The Kier molecular flexibility index (Phi) is 5.66. The summed E-state index contributed by atoms with van der Waals surface area (Å²) in [6.45, 7) is 3.38. The molecule has 0 saturated heterocycles. The average molecular weight is 359 g/mol. The second kappa shape index (κ2) is 7.73. The lowest BCUT2D eigenvalue weighted by Gasteiger charge is -2.15. The number of hydrogen-bond donors (Lipinski definition) is 2. The lowest BCUT2D eigenvalue weighted by Crippen LogP contribution is -2.25. The van der Waals surface area contributed by atoms with Crippen molar-refractivity contribution in [3.05, 3.63) is 46.8 Å². The van der Waals surface area contributed by atoms with Gasteiger partial charge in [0.25, 0.3) is 5.91 Å². The standard InChI is InChI=1S/C18H21N3O5/c1-10-14(17(23)25-4)11(2)19-15(10)16(22)20-12-6-8-13(9-7-12)21(3)18(24)26-5/h6-9,19H,1-5H3,(H,20,22). The van der Waals surface area contributed by atoms with E-state index in [4.69, 9.17) is 4.74 Å². The Bertz CT molecular complexity index is 839. The van der Waals surface area contributed by atoms with Crippen LogP contribution in [0.5, 0.6) is 0 Å². The van der Waals surface area contributed by atoms with Gasteiger partial charge in [-0.1, -0.05) is 0 Å². The number of carbonyl (C=O) groups is 3. The largest absolute Gasteiger partial charge is 0.465 e. The average Bonchev–Trinajstić information content (AvgIpc) is 2.94.